The summed E-state index contributed by atoms with van der Waals surface area (Å²) in [6, 6.07) is 6.09. The molecule has 2 atom stereocenters. The summed E-state index contributed by atoms with van der Waals surface area (Å²) in [4.78, 5) is 4.37. The predicted octanol–water partition coefficient (Wildman–Crippen LogP) is 2.75. The van der Waals surface area contributed by atoms with Gasteiger partial charge in [-0.1, -0.05) is 6.07 Å². The summed E-state index contributed by atoms with van der Waals surface area (Å²) in [6.07, 6.45) is 7.11. The second-order valence-corrected chi connectivity index (χ2v) is 7.61. The first-order chi connectivity index (χ1) is 9.40. The van der Waals surface area contributed by atoms with Gasteiger partial charge in [0, 0.05) is 36.6 Å². The summed E-state index contributed by atoms with van der Waals surface area (Å²) in [5, 5.41) is 6.04. The first-order valence-corrected chi connectivity index (χ1v) is 8.78. The van der Waals surface area contributed by atoms with E-state index in [0.717, 1.165) is 23.9 Å². The number of thiophene rings is 1. The molecular formula is C16H24N2S. The van der Waals surface area contributed by atoms with Crippen LogP contribution in [0.3, 0.4) is 0 Å². The summed E-state index contributed by atoms with van der Waals surface area (Å²) in [5.41, 5.74) is 0. The van der Waals surface area contributed by atoms with Crippen LogP contribution < -0.4 is 5.32 Å². The van der Waals surface area contributed by atoms with Crippen molar-refractivity contribution in [2.24, 2.45) is 11.8 Å². The molecule has 0 spiro atoms. The van der Waals surface area contributed by atoms with E-state index in [4.69, 9.17) is 0 Å². The van der Waals surface area contributed by atoms with Crippen LogP contribution in [0.4, 0.5) is 0 Å². The Bertz CT molecular complexity index is 408. The smallest absolute Gasteiger partial charge is 0.0249 e. The molecule has 1 N–H and O–H groups in total. The number of rotatable bonds is 5. The fraction of sp³-hybridized carbons (Fsp3) is 0.750. The summed E-state index contributed by atoms with van der Waals surface area (Å²) in [5.74, 6) is 1.99. The van der Waals surface area contributed by atoms with Crippen LogP contribution in [0.2, 0.25) is 0 Å². The summed E-state index contributed by atoms with van der Waals surface area (Å²) in [7, 11) is 0. The highest BCUT2D eigenvalue weighted by atomic mass is 32.1. The third kappa shape index (κ3) is 2.88. The van der Waals surface area contributed by atoms with Gasteiger partial charge in [-0.25, -0.2) is 0 Å². The van der Waals surface area contributed by atoms with Gasteiger partial charge < -0.3 is 5.32 Å². The average molecular weight is 276 g/mol. The molecule has 2 heterocycles. The number of nitrogens with zero attached hydrogens (tertiary/aromatic N) is 1. The van der Waals surface area contributed by atoms with Gasteiger partial charge in [0.1, 0.15) is 0 Å². The minimum absolute atomic E-state index is 0.790. The van der Waals surface area contributed by atoms with Crippen LogP contribution in [0.15, 0.2) is 17.5 Å². The van der Waals surface area contributed by atoms with Gasteiger partial charge in [-0.05, 0) is 55.4 Å². The quantitative estimate of drug-likeness (QED) is 0.889. The maximum Gasteiger partial charge on any atom is 0.0249 e. The molecule has 19 heavy (non-hydrogen) atoms. The molecule has 1 aromatic heterocycles. The van der Waals surface area contributed by atoms with Crippen LogP contribution in [0, 0.1) is 11.8 Å². The molecule has 4 rings (SSSR count). The van der Waals surface area contributed by atoms with Crippen molar-refractivity contribution in [3.8, 4) is 0 Å². The van der Waals surface area contributed by atoms with Crippen molar-refractivity contribution >= 4 is 11.3 Å². The highest BCUT2D eigenvalue weighted by molar-refractivity contribution is 7.09. The molecule has 3 fully saturated rings. The van der Waals surface area contributed by atoms with Crippen molar-refractivity contribution in [2.45, 2.75) is 44.2 Å². The zero-order valence-corrected chi connectivity index (χ0v) is 12.4. The molecular weight excluding hydrogens is 252 g/mol. The molecule has 0 amide bonds. The van der Waals surface area contributed by atoms with Gasteiger partial charge in [0.15, 0.2) is 0 Å². The highest BCUT2D eigenvalue weighted by Crippen LogP contribution is 2.39. The van der Waals surface area contributed by atoms with Gasteiger partial charge in [-0.2, -0.15) is 0 Å². The Morgan fingerprint density at radius 1 is 1.21 bits per heavy atom. The Balaban J connectivity index is 1.38. The van der Waals surface area contributed by atoms with E-state index in [1.54, 1.807) is 4.88 Å². The van der Waals surface area contributed by atoms with Crippen molar-refractivity contribution in [1.82, 2.24) is 10.2 Å². The largest absolute Gasteiger partial charge is 0.311 e. The standard InChI is InChI=1S/C16H24N2S/c1-2-14(19-9-1)7-8-18-11-15(12-3-4-12)17-10-16(18)13-5-6-13/h1-2,9,12-13,15-17H,3-8,10-11H2. The molecule has 2 saturated carbocycles. The topological polar surface area (TPSA) is 15.3 Å². The molecule has 0 radical (unpaired) electrons. The van der Waals surface area contributed by atoms with Crippen LogP contribution in [-0.2, 0) is 6.42 Å². The minimum Gasteiger partial charge on any atom is -0.311 e. The van der Waals surface area contributed by atoms with Gasteiger partial charge in [0.05, 0.1) is 0 Å². The van der Waals surface area contributed by atoms with E-state index in [2.05, 4.69) is 27.7 Å². The monoisotopic (exact) mass is 276 g/mol. The summed E-state index contributed by atoms with van der Waals surface area (Å²) in [6.45, 7) is 3.82. The van der Waals surface area contributed by atoms with Crippen molar-refractivity contribution in [3.63, 3.8) is 0 Å². The van der Waals surface area contributed by atoms with Crippen molar-refractivity contribution in [2.75, 3.05) is 19.6 Å². The number of hydrogen-bond donors (Lipinski definition) is 1. The number of piperazine rings is 1. The molecule has 2 aliphatic carbocycles. The molecule has 2 unspecified atom stereocenters. The van der Waals surface area contributed by atoms with Gasteiger partial charge in [0.25, 0.3) is 0 Å². The lowest BCUT2D eigenvalue weighted by Crippen LogP contribution is -2.58. The molecule has 3 aliphatic rings. The minimum atomic E-state index is 0.790. The number of nitrogens with one attached hydrogen (secondary N) is 1. The molecule has 1 aromatic rings. The average Bonchev–Trinajstić information content (AvgIpc) is 3.35. The first-order valence-electron chi connectivity index (χ1n) is 7.90. The zero-order valence-electron chi connectivity index (χ0n) is 11.6. The molecule has 1 aliphatic heterocycles. The molecule has 3 heteroatoms. The second-order valence-electron chi connectivity index (χ2n) is 6.58. The number of hydrogen-bond acceptors (Lipinski definition) is 3. The van der Waals surface area contributed by atoms with Crippen LogP contribution in [-0.4, -0.2) is 36.6 Å². The van der Waals surface area contributed by atoms with E-state index in [1.807, 2.05) is 11.3 Å². The van der Waals surface area contributed by atoms with Gasteiger partial charge in [-0.3, -0.25) is 4.90 Å². The van der Waals surface area contributed by atoms with Crippen LogP contribution in [0.5, 0.6) is 0 Å². The molecule has 0 bridgehead atoms. The van der Waals surface area contributed by atoms with Crippen molar-refractivity contribution < 1.29 is 0 Å². The molecule has 0 aromatic carbocycles. The van der Waals surface area contributed by atoms with Crippen LogP contribution in [0.1, 0.15) is 30.6 Å². The Morgan fingerprint density at radius 3 is 2.74 bits per heavy atom. The lowest BCUT2D eigenvalue weighted by atomic mass is 10.0. The second kappa shape index (κ2) is 5.19. The maximum atomic E-state index is 3.84. The Kier molecular flexibility index (Phi) is 3.38. The normalized spacial score (nSPS) is 32.6. The summed E-state index contributed by atoms with van der Waals surface area (Å²) < 4.78 is 0. The van der Waals surface area contributed by atoms with E-state index in [9.17, 15) is 0 Å². The van der Waals surface area contributed by atoms with E-state index >= 15 is 0 Å². The SMILES string of the molecule is c1csc(CCN2CC(C3CC3)NCC2C2CC2)c1. The Morgan fingerprint density at radius 2 is 2.05 bits per heavy atom. The van der Waals surface area contributed by atoms with E-state index in [-0.39, 0.29) is 0 Å². The van der Waals surface area contributed by atoms with E-state index < -0.39 is 0 Å². The summed E-state index contributed by atoms with van der Waals surface area (Å²) >= 11 is 1.91. The van der Waals surface area contributed by atoms with Crippen molar-refractivity contribution in [3.05, 3.63) is 22.4 Å². The predicted molar refractivity (Wildman–Crippen MR) is 80.6 cm³/mol. The van der Waals surface area contributed by atoms with Crippen LogP contribution in [0.25, 0.3) is 0 Å². The zero-order chi connectivity index (χ0) is 12.7. The lowest BCUT2D eigenvalue weighted by molar-refractivity contribution is 0.109. The molecule has 2 nitrogen and oxygen atoms in total. The third-order valence-electron chi connectivity index (χ3n) is 5.07. The maximum absolute atomic E-state index is 3.84. The third-order valence-corrected chi connectivity index (χ3v) is 6.01. The van der Waals surface area contributed by atoms with Crippen LogP contribution >= 0.6 is 11.3 Å². The fourth-order valence-electron chi connectivity index (χ4n) is 3.58. The van der Waals surface area contributed by atoms with E-state index in [0.29, 0.717) is 0 Å². The highest BCUT2D eigenvalue weighted by Gasteiger charge is 2.42. The Hall–Kier alpha value is -0.380. The fourth-order valence-corrected chi connectivity index (χ4v) is 4.28. The van der Waals surface area contributed by atoms with E-state index in [1.165, 1.54) is 51.7 Å². The van der Waals surface area contributed by atoms with Gasteiger partial charge >= 0.3 is 0 Å². The lowest BCUT2D eigenvalue weighted by Gasteiger charge is -2.41. The Labute approximate surface area is 120 Å². The molecule has 1 saturated heterocycles. The van der Waals surface area contributed by atoms with Gasteiger partial charge in [-0.15, -0.1) is 11.3 Å². The van der Waals surface area contributed by atoms with Crippen molar-refractivity contribution in [1.29, 1.82) is 0 Å². The first kappa shape index (κ1) is 12.4. The van der Waals surface area contributed by atoms with Gasteiger partial charge in [0.2, 0.25) is 0 Å². The molecule has 104 valence electrons.